The van der Waals surface area contributed by atoms with Crippen LogP contribution in [0.2, 0.25) is 0 Å². The van der Waals surface area contributed by atoms with Crippen molar-refractivity contribution < 1.29 is 13.2 Å². The van der Waals surface area contributed by atoms with Crippen molar-refractivity contribution >= 4 is 21.9 Å². The lowest BCUT2D eigenvalue weighted by Gasteiger charge is -2.24. The summed E-state index contributed by atoms with van der Waals surface area (Å²) in [4.78, 5) is 13.0. The highest BCUT2D eigenvalue weighted by atomic mass is 32.2. The summed E-state index contributed by atoms with van der Waals surface area (Å²) in [7, 11) is -2.41. The van der Waals surface area contributed by atoms with Gasteiger partial charge in [0.1, 0.15) is 0 Å². The van der Waals surface area contributed by atoms with E-state index in [1.54, 1.807) is 24.0 Å². The zero-order valence-corrected chi connectivity index (χ0v) is 22.1. The van der Waals surface area contributed by atoms with E-state index in [0.29, 0.717) is 11.4 Å². The molecule has 3 aromatic rings. The summed E-state index contributed by atoms with van der Waals surface area (Å²) in [5.41, 5.74) is 5.08. The summed E-state index contributed by atoms with van der Waals surface area (Å²) in [6.45, 7) is 10.3. The maximum atomic E-state index is 13.4. The van der Waals surface area contributed by atoms with E-state index in [4.69, 9.17) is 0 Å². The summed E-state index contributed by atoms with van der Waals surface area (Å²) in [5.74, 6) is 0.302. The molecular formula is C26H35N5O3S. The van der Waals surface area contributed by atoms with Crippen LogP contribution in [0.4, 0.5) is 10.5 Å². The van der Waals surface area contributed by atoms with Crippen molar-refractivity contribution in [3.05, 3.63) is 82.7 Å². The second kappa shape index (κ2) is 11.0. The first-order chi connectivity index (χ1) is 16.5. The number of amides is 2. The van der Waals surface area contributed by atoms with Gasteiger partial charge in [0.05, 0.1) is 12.2 Å². The molecule has 0 aliphatic rings. The maximum Gasteiger partial charge on any atom is 0.333 e. The molecule has 2 amide bonds. The fourth-order valence-corrected chi connectivity index (χ4v) is 5.00. The molecule has 2 N–H and O–H groups in total. The van der Waals surface area contributed by atoms with Crippen LogP contribution in [0.15, 0.2) is 54.7 Å². The minimum atomic E-state index is -4.18. The average Bonchev–Trinajstić information content (AvgIpc) is 3.19. The molecule has 0 radical (unpaired) electrons. The van der Waals surface area contributed by atoms with Crippen LogP contribution in [0.1, 0.15) is 67.5 Å². The SMILES string of the molecule is Cc1cc(C(C)C)c(NC(=O)NS(=O)(=O)N(Cc2ccccc2)Cc2ccn(C)n2)c(C(C)C)c1. The quantitative estimate of drug-likeness (QED) is 0.433. The normalized spacial score (nSPS) is 11.9. The molecule has 0 aliphatic carbocycles. The van der Waals surface area contributed by atoms with Crippen LogP contribution in [-0.4, -0.2) is 28.5 Å². The van der Waals surface area contributed by atoms with Gasteiger partial charge in [-0.1, -0.05) is 75.7 Å². The lowest BCUT2D eigenvalue weighted by Crippen LogP contribution is -2.44. The number of carbonyl (C=O) groups is 1. The molecule has 0 aliphatic heterocycles. The molecule has 2 aromatic carbocycles. The third-order valence-electron chi connectivity index (χ3n) is 5.70. The average molecular weight is 498 g/mol. The topological polar surface area (TPSA) is 96.3 Å². The van der Waals surface area contributed by atoms with E-state index < -0.39 is 16.2 Å². The highest BCUT2D eigenvalue weighted by Gasteiger charge is 2.27. The van der Waals surface area contributed by atoms with Gasteiger partial charge < -0.3 is 5.32 Å². The second-order valence-electron chi connectivity index (χ2n) is 9.42. The van der Waals surface area contributed by atoms with E-state index >= 15 is 0 Å². The first kappa shape index (κ1) is 26.4. The number of nitrogens with zero attached hydrogens (tertiary/aromatic N) is 3. The molecule has 0 unspecified atom stereocenters. The number of nitrogens with one attached hydrogen (secondary N) is 2. The van der Waals surface area contributed by atoms with Gasteiger partial charge in [-0.05, 0) is 41.5 Å². The number of aromatic nitrogens is 2. The molecule has 0 spiro atoms. The van der Waals surface area contributed by atoms with E-state index in [1.807, 2.05) is 77.1 Å². The zero-order chi connectivity index (χ0) is 25.8. The molecular weight excluding hydrogens is 462 g/mol. The lowest BCUT2D eigenvalue weighted by atomic mass is 9.90. The number of anilines is 1. The highest BCUT2D eigenvalue weighted by Crippen LogP contribution is 2.33. The molecule has 3 rings (SSSR count). The van der Waals surface area contributed by atoms with E-state index in [9.17, 15) is 13.2 Å². The Labute approximate surface area is 208 Å². The molecule has 0 atom stereocenters. The molecule has 0 fully saturated rings. The van der Waals surface area contributed by atoms with Crippen LogP contribution < -0.4 is 10.0 Å². The van der Waals surface area contributed by atoms with Gasteiger partial charge in [0.15, 0.2) is 0 Å². The van der Waals surface area contributed by atoms with E-state index in [1.165, 1.54) is 4.31 Å². The van der Waals surface area contributed by atoms with Gasteiger partial charge >= 0.3 is 16.2 Å². The van der Waals surface area contributed by atoms with Gasteiger partial charge in [-0.25, -0.2) is 9.52 Å². The fourth-order valence-electron chi connectivity index (χ4n) is 3.96. The van der Waals surface area contributed by atoms with Gasteiger partial charge in [0.25, 0.3) is 0 Å². The first-order valence-corrected chi connectivity index (χ1v) is 13.2. The number of hydrogen-bond acceptors (Lipinski definition) is 4. The summed E-state index contributed by atoms with van der Waals surface area (Å²) < 4.78 is 31.8. The number of aryl methyl sites for hydroxylation is 2. The monoisotopic (exact) mass is 497 g/mol. The molecule has 0 saturated carbocycles. The largest absolute Gasteiger partial charge is 0.333 e. The fraction of sp³-hybridized carbons (Fsp3) is 0.385. The molecule has 8 nitrogen and oxygen atoms in total. The van der Waals surface area contributed by atoms with Crippen molar-refractivity contribution in [1.82, 2.24) is 18.8 Å². The van der Waals surface area contributed by atoms with Crippen LogP contribution >= 0.6 is 0 Å². The Bertz CT molecular complexity index is 1240. The smallest absolute Gasteiger partial charge is 0.307 e. The molecule has 1 aromatic heterocycles. The molecule has 188 valence electrons. The Morgan fingerprint density at radius 3 is 2.11 bits per heavy atom. The standard InChI is InChI=1S/C26H35N5O3S/c1-18(2)23-14-20(5)15-24(19(3)4)25(23)27-26(32)29-35(33,34)31(16-21-10-8-7-9-11-21)17-22-12-13-30(6)28-22/h7-15,18-19H,16-17H2,1-6H3,(H2,27,29,32). The van der Waals surface area contributed by atoms with Gasteiger partial charge in [-0.15, -0.1) is 0 Å². The van der Waals surface area contributed by atoms with Crippen LogP contribution in [0.25, 0.3) is 0 Å². The summed E-state index contributed by atoms with van der Waals surface area (Å²) >= 11 is 0. The van der Waals surface area contributed by atoms with Crippen molar-refractivity contribution in [2.24, 2.45) is 7.05 Å². The minimum absolute atomic E-state index is 0.0252. The van der Waals surface area contributed by atoms with Crippen LogP contribution in [0, 0.1) is 6.92 Å². The summed E-state index contributed by atoms with van der Waals surface area (Å²) in [6, 6.07) is 14.3. The van der Waals surface area contributed by atoms with Crippen LogP contribution in [-0.2, 0) is 30.3 Å². The molecule has 9 heteroatoms. The minimum Gasteiger partial charge on any atom is -0.307 e. The predicted molar refractivity (Wildman–Crippen MR) is 139 cm³/mol. The Balaban J connectivity index is 1.88. The number of urea groups is 1. The molecule has 0 bridgehead atoms. The highest BCUT2D eigenvalue weighted by molar-refractivity contribution is 7.87. The maximum absolute atomic E-state index is 13.4. The Morgan fingerprint density at radius 1 is 1.00 bits per heavy atom. The van der Waals surface area contributed by atoms with Gasteiger partial charge in [-0.3, -0.25) is 4.68 Å². The van der Waals surface area contributed by atoms with Crippen molar-refractivity contribution in [1.29, 1.82) is 0 Å². The van der Waals surface area contributed by atoms with E-state index in [-0.39, 0.29) is 24.9 Å². The van der Waals surface area contributed by atoms with E-state index in [2.05, 4.69) is 15.1 Å². The van der Waals surface area contributed by atoms with Gasteiger partial charge in [-0.2, -0.15) is 17.8 Å². The second-order valence-corrected chi connectivity index (χ2v) is 11.1. The Morgan fingerprint density at radius 2 is 1.60 bits per heavy atom. The zero-order valence-electron chi connectivity index (χ0n) is 21.2. The Hall–Kier alpha value is -3.17. The first-order valence-electron chi connectivity index (χ1n) is 11.7. The van der Waals surface area contributed by atoms with Gasteiger partial charge in [0.2, 0.25) is 0 Å². The Kier molecular flexibility index (Phi) is 8.34. The lowest BCUT2D eigenvalue weighted by molar-refractivity contribution is 0.255. The van der Waals surface area contributed by atoms with Crippen LogP contribution in [0.5, 0.6) is 0 Å². The predicted octanol–water partition coefficient (Wildman–Crippen LogP) is 5.04. The number of benzene rings is 2. The third-order valence-corrected chi connectivity index (χ3v) is 7.08. The number of hydrogen-bond donors (Lipinski definition) is 2. The number of carbonyl (C=O) groups excluding carboxylic acids is 1. The summed E-state index contributed by atoms with van der Waals surface area (Å²) in [6.07, 6.45) is 1.75. The molecule has 1 heterocycles. The van der Waals surface area contributed by atoms with Crippen LogP contribution in [0.3, 0.4) is 0 Å². The van der Waals surface area contributed by atoms with E-state index in [0.717, 1.165) is 22.3 Å². The van der Waals surface area contributed by atoms with Crippen molar-refractivity contribution in [2.75, 3.05) is 5.32 Å². The van der Waals surface area contributed by atoms with Crippen molar-refractivity contribution in [3.63, 3.8) is 0 Å². The summed E-state index contributed by atoms with van der Waals surface area (Å²) in [5, 5.41) is 7.14. The molecule has 0 saturated heterocycles. The molecule has 35 heavy (non-hydrogen) atoms. The van der Waals surface area contributed by atoms with Gasteiger partial charge in [0, 0.05) is 25.5 Å². The third kappa shape index (κ3) is 6.93. The van der Waals surface area contributed by atoms with Crippen molar-refractivity contribution in [3.8, 4) is 0 Å². The van der Waals surface area contributed by atoms with Crippen molar-refractivity contribution in [2.45, 2.75) is 59.5 Å². The number of rotatable bonds is 9.